The number of nitrogens with one attached hydrogen (secondary N) is 2. The molecule has 0 fully saturated rings. The average Bonchev–Trinajstić information content (AvgIpc) is 2.29. The zero-order chi connectivity index (χ0) is 12.8. The molecule has 0 spiro atoms. The van der Waals surface area contributed by atoms with Crippen LogP contribution in [0.3, 0.4) is 0 Å². The minimum absolute atomic E-state index is 0.0208. The molecule has 2 N–H and O–H groups in total. The van der Waals surface area contributed by atoms with Gasteiger partial charge in [-0.15, -0.1) is 0 Å². The Morgan fingerprint density at radius 2 is 2.12 bits per heavy atom. The van der Waals surface area contributed by atoms with Crippen molar-refractivity contribution in [2.75, 3.05) is 18.4 Å². The summed E-state index contributed by atoms with van der Waals surface area (Å²) < 4.78 is 37.3. The van der Waals surface area contributed by atoms with Crippen molar-refractivity contribution in [3.8, 4) is 0 Å². The largest absolute Gasteiger partial charge is 0.382 e. The normalized spacial score (nSPS) is 10.4. The molecule has 0 bridgehead atoms. The van der Waals surface area contributed by atoms with Crippen LogP contribution in [-0.4, -0.2) is 25.4 Å². The topological polar surface area (TPSA) is 41.1 Å². The highest BCUT2D eigenvalue weighted by molar-refractivity contribution is 5.99. The summed E-state index contributed by atoms with van der Waals surface area (Å²) >= 11 is 0. The first-order valence-electron chi connectivity index (χ1n) is 5.15. The van der Waals surface area contributed by atoms with Crippen molar-refractivity contribution in [1.82, 2.24) is 5.32 Å². The maximum atomic E-state index is 13.4. The van der Waals surface area contributed by atoms with Crippen molar-refractivity contribution < 1.29 is 18.0 Å². The highest BCUT2D eigenvalue weighted by atomic mass is 19.3. The van der Waals surface area contributed by atoms with Gasteiger partial charge in [0.05, 0.1) is 17.8 Å². The van der Waals surface area contributed by atoms with E-state index in [1.165, 1.54) is 18.2 Å². The van der Waals surface area contributed by atoms with Gasteiger partial charge in [0.25, 0.3) is 12.3 Å². The smallest absolute Gasteiger partial charge is 0.255 e. The van der Waals surface area contributed by atoms with Crippen LogP contribution in [0.4, 0.5) is 18.9 Å². The van der Waals surface area contributed by atoms with E-state index in [9.17, 15) is 18.0 Å². The third-order valence-electron chi connectivity index (χ3n) is 2.03. The van der Waals surface area contributed by atoms with E-state index in [0.717, 1.165) is 0 Å². The van der Waals surface area contributed by atoms with E-state index in [1.807, 2.05) is 5.32 Å². The molecule has 1 rings (SSSR count). The first kappa shape index (κ1) is 13.3. The number of alkyl halides is 2. The summed E-state index contributed by atoms with van der Waals surface area (Å²) in [7, 11) is 0. The number of halogens is 3. The highest BCUT2D eigenvalue weighted by Crippen LogP contribution is 2.19. The Hall–Kier alpha value is -1.72. The second-order valence-corrected chi connectivity index (χ2v) is 3.29. The number of carbonyl (C=O) groups is 1. The Balaban J connectivity index is 2.88. The van der Waals surface area contributed by atoms with Gasteiger partial charge in [0.2, 0.25) is 0 Å². The standard InChI is InChI=1S/C11H13F3N2O/c1-2-15-10-7(4-3-5-8(10)12)11(17)16-6-9(13)14/h3-5,9,15H,2,6H2,1H3,(H,16,17). The Morgan fingerprint density at radius 3 is 2.71 bits per heavy atom. The van der Waals surface area contributed by atoms with Gasteiger partial charge in [-0.1, -0.05) is 6.07 Å². The van der Waals surface area contributed by atoms with Crippen molar-refractivity contribution in [2.45, 2.75) is 13.3 Å². The molecule has 17 heavy (non-hydrogen) atoms. The minimum Gasteiger partial charge on any atom is -0.382 e. The summed E-state index contributed by atoms with van der Waals surface area (Å²) in [6.45, 7) is 1.42. The van der Waals surface area contributed by atoms with Crippen molar-refractivity contribution in [1.29, 1.82) is 0 Å². The van der Waals surface area contributed by atoms with E-state index in [4.69, 9.17) is 0 Å². The van der Waals surface area contributed by atoms with Crippen molar-refractivity contribution in [3.05, 3.63) is 29.6 Å². The van der Waals surface area contributed by atoms with Gasteiger partial charge in [-0.05, 0) is 19.1 Å². The summed E-state index contributed by atoms with van der Waals surface area (Å²) in [4.78, 5) is 11.5. The number of hydrogen-bond acceptors (Lipinski definition) is 2. The maximum absolute atomic E-state index is 13.4. The molecular formula is C11H13F3N2O. The number of rotatable bonds is 5. The molecule has 0 atom stereocenters. The number of anilines is 1. The molecule has 3 nitrogen and oxygen atoms in total. The van der Waals surface area contributed by atoms with Gasteiger partial charge >= 0.3 is 0 Å². The molecule has 0 saturated carbocycles. The summed E-state index contributed by atoms with van der Waals surface area (Å²) in [5, 5.41) is 4.72. The lowest BCUT2D eigenvalue weighted by molar-refractivity contribution is 0.0892. The Bertz CT molecular complexity index is 396. The molecule has 1 amide bonds. The highest BCUT2D eigenvalue weighted by Gasteiger charge is 2.15. The van der Waals surface area contributed by atoms with Crippen LogP contribution in [0.25, 0.3) is 0 Å². The average molecular weight is 246 g/mol. The van der Waals surface area contributed by atoms with Crippen LogP contribution in [0.5, 0.6) is 0 Å². The predicted molar refractivity (Wildman–Crippen MR) is 58.9 cm³/mol. The molecule has 6 heteroatoms. The van der Waals surface area contributed by atoms with Crippen LogP contribution in [0.2, 0.25) is 0 Å². The molecule has 0 aliphatic heterocycles. The molecule has 94 valence electrons. The van der Waals surface area contributed by atoms with Crippen LogP contribution in [0.15, 0.2) is 18.2 Å². The minimum atomic E-state index is -2.63. The number of benzene rings is 1. The Labute approximate surface area is 97.0 Å². The molecule has 1 aromatic rings. The lowest BCUT2D eigenvalue weighted by Crippen LogP contribution is -2.29. The Kier molecular flexibility index (Phi) is 4.81. The van der Waals surface area contributed by atoms with Gasteiger partial charge in [0.1, 0.15) is 5.82 Å². The number of hydrogen-bond donors (Lipinski definition) is 2. The quantitative estimate of drug-likeness (QED) is 0.836. The first-order valence-corrected chi connectivity index (χ1v) is 5.15. The first-order chi connectivity index (χ1) is 8.06. The molecule has 0 saturated heterocycles. The summed E-state index contributed by atoms with van der Waals surface area (Å²) in [5.74, 6) is -1.31. The van der Waals surface area contributed by atoms with Crippen molar-refractivity contribution in [2.24, 2.45) is 0 Å². The number of para-hydroxylation sites is 1. The maximum Gasteiger partial charge on any atom is 0.255 e. The van der Waals surface area contributed by atoms with Gasteiger partial charge in [-0.2, -0.15) is 0 Å². The SMILES string of the molecule is CCNc1c(F)cccc1C(=O)NCC(F)F. The summed E-state index contributed by atoms with van der Waals surface area (Å²) in [6, 6.07) is 3.93. The van der Waals surface area contributed by atoms with Crippen LogP contribution in [0.1, 0.15) is 17.3 Å². The van der Waals surface area contributed by atoms with E-state index in [2.05, 4.69) is 5.32 Å². The zero-order valence-electron chi connectivity index (χ0n) is 9.27. The van der Waals surface area contributed by atoms with E-state index in [0.29, 0.717) is 6.54 Å². The van der Waals surface area contributed by atoms with Crippen LogP contribution in [0, 0.1) is 5.82 Å². The van der Waals surface area contributed by atoms with Gasteiger partial charge in [0.15, 0.2) is 0 Å². The van der Waals surface area contributed by atoms with Gasteiger partial charge < -0.3 is 10.6 Å². The summed E-state index contributed by atoms with van der Waals surface area (Å²) in [6.07, 6.45) is -2.63. The second-order valence-electron chi connectivity index (χ2n) is 3.29. The van der Waals surface area contributed by atoms with Crippen molar-refractivity contribution >= 4 is 11.6 Å². The molecular weight excluding hydrogens is 233 g/mol. The Morgan fingerprint density at radius 1 is 1.41 bits per heavy atom. The van der Waals surface area contributed by atoms with E-state index in [-0.39, 0.29) is 11.3 Å². The zero-order valence-corrected chi connectivity index (χ0v) is 9.27. The fraction of sp³-hybridized carbons (Fsp3) is 0.364. The van der Waals surface area contributed by atoms with Crippen LogP contribution < -0.4 is 10.6 Å². The third kappa shape index (κ3) is 3.65. The van der Waals surface area contributed by atoms with E-state index >= 15 is 0 Å². The third-order valence-corrected chi connectivity index (χ3v) is 2.03. The fourth-order valence-electron chi connectivity index (χ4n) is 1.33. The van der Waals surface area contributed by atoms with E-state index in [1.54, 1.807) is 6.92 Å². The van der Waals surface area contributed by atoms with Gasteiger partial charge in [0, 0.05) is 6.54 Å². The van der Waals surface area contributed by atoms with Crippen LogP contribution in [-0.2, 0) is 0 Å². The second kappa shape index (κ2) is 6.12. The van der Waals surface area contributed by atoms with Crippen LogP contribution >= 0.6 is 0 Å². The fourth-order valence-corrected chi connectivity index (χ4v) is 1.33. The number of amides is 1. The van der Waals surface area contributed by atoms with Gasteiger partial charge in [-0.25, -0.2) is 13.2 Å². The lowest BCUT2D eigenvalue weighted by atomic mass is 10.1. The molecule has 0 aliphatic rings. The molecule has 0 aromatic heterocycles. The molecule has 0 radical (unpaired) electrons. The summed E-state index contributed by atoms with van der Waals surface area (Å²) in [5.41, 5.74) is 0.0502. The molecule has 0 unspecified atom stereocenters. The van der Waals surface area contributed by atoms with Gasteiger partial charge in [-0.3, -0.25) is 4.79 Å². The lowest BCUT2D eigenvalue weighted by Gasteiger charge is -2.11. The molecule has 1 aromatic carbocycles. The van der Waals surface area contributed by atoms with E-state index < -0.39 is 24.7 Å². The molecule has 0 heterocycles. The predicted octanol–water partition coefficient (Wildman–Crippen LogP) is 2.25. The van der Waals surface area contributed by atoms with Crippen molar-refractivity contribution in [3.63, 3.8) is 0 Å². The monoisotopic (exact) mass is 246 g/mol. The number of carbonyl (C=O) groups excluding carboxylic acids is 1. The molecule has 0 aliphatic carbocycles.